The second-order valence-electron chi connectivity index (χ2n) is 17.4. The van der Waals surface area contributed by atoms with Gasteiger partial charge in [0.05, 0.1) is 41.0 Å². The molecule has 2 bridgehead atoms. The number of pyridine rings is 1. The molecule has 13 nitrogen and oxygen atoms in total. The van der Waals surface area contributed by atoms with Gasteiger partial charge >= 0.3 is 0 Å². The van der Waals surface area contributed by atoms with Crippen LogP contribution in [-0.2, 0) is 36.3 Å². The van der Waals surface area contributed by atoms with Gasteiger partial charge in [0.1, 0.15) is 11.6 Å². The Morgan fingerprint density at radius 3 is 2.45 bits per heavy atom. The van der Waals surface area contributed by atoms with Crippen molar-refractivity contribution in [2.45, 2.75) is 72.0 Å². The predicted molar refractivity (Wildman–Crippen MR) is 226 cm³/mol. The summed E-state index contributed by atoms with van der Waals surface area (Å²) in [6.07, 6.45) is 3.95. The molecule has 0 radical (unpaired) electrons. The largest absolute Gasteiger partial charge is 0.477 e. The number of hydrogen-bond donors (Lipinski definition) is 2. The van der Waals surface area contributed by atoms with Crippen LogP contribution < -0.4 is 20.3 Å². The Hall–Kier alpha value is -5.41. The van der Waals surface area contributed by atoms with Gasteiger partial charge in [0.25, 0.3) is 0 Å². The van der Waals surface area contributed by atoms with E-state index in [0.29, 0.717) is 30.7 Å². The van der Waals surface area contributed by atoms with Crippen LogP contribution in [0.25, 0.3) is 22.3 Å². The Kier molecular flexibility index (Phi) is 11.0. The van der Waals surface area contributed by atoms with Crippen LogP contribution in [0, 0.1) is 37.3 Å². The van der Waals surface area contributed by atoms with Gasteiger partial charge in [-0.15, -0.1) is 0 Å². The summed E-state index contributed by atoms with van der Waals surface area (Å²) in [7, 11) is 1.91. The molecule has 2 atom stereocenters. The fourth-order valence-electron chi connectivity index (χ4n) is 9.43. The van der Waals surface area contributed by atoms with Gasteiger partial charge in [-0.1, -0.05) is 6.92 Å². The van der Waals surface area contributed by atoms with Crippen LogP contribution >= 0.6 is 0 Å². The SMILES string of the molecule is Cc1cc2cc(n1)-c1cnn(C)c1OCCC[C@@H](C)Cn1c(nc3cc(C)c(CN4CCN(CC5CN(c6cc(F)c([C@H]7CCC(=O)NC7=O)c(F)c6)C5)CC4)cc31)NC2. The van der Waals surface area contributed by atoms with Gasteiger partial charge in [0.15, 0.2) is 0 Å². The lowest BCUT2D eigenvalue weighted by molar-refractivity contribution is -0.134. The standard InChI is InChI=1S/C45H54F2N10O3/c1-27-6-5-13-60-44-35(21-49-53(44)4)38-16-30(15-29(3)50-38)20-48-45-51-39-14-28(2)32(17-40(39)57(45)22-27)26-55-11-9-54(10-12-55)23-31-24-56(25-31)33-18-36(46)42(37(47)19-33)34-7-8-41(58)52-43(34)59/h14-19,21,27,31,34H,5-13,20,22-26H2,1-4H3,(H,48,51)(H,52,58,59)/t27-,34-/m1/s1. The number of fused-ring (bicyclic) bond motifs is 7. The molecule has 0 spiro atoms. The summed E-state index contributed by atoms with van der Waals surface area (Å²) < 4.78 is 40.8. The van der Waals surface area contributed by atoms with Crippen LogP contribution in [0.15, 0.2) is 42.6 Å². The maximum absolute atomic E-state index is 15.2. The van der Waals surface area contributed by atoms with Crippen LogP contribution in [0.4, 0.5) is 20.4 Å². The van der Waals surface area contributed by atoms with E-state index in [1.165, 1.54) is 23.3 Å². The zero-order valence-corrected chi connectivity index (χ0v) is 34.9. The molecule has 4 aliphatic rings. The van der Waals surface area contributed by atoms with E-state index >= 15 is 8.78 Å². The number of rotatable bonds is 6. The van der Waals surface area contributed by atoms with Crippen molar-refractivity contribution >= 4 is 34.5 Å². The Labute approximate surface area is 349 Å². The van der Waals surface area contributed by atoms with Crippen molar-refractivity contribution in [3.63, 3.8) is 0 Å². The quantitative estimate of drug-likeness (QED) is 0.200. The molecule has 3 saturated heterocycles. The van der Waals surface area contributed by atoms with Crippen molar-refractivity contribution < 1.29 is 23.1 Å². The average molecular weight is 821 g/mol. The lowest BCUT2D eigenvalue weighted by Gasteiger charge is -2.45. The molecule has 15 heteroatoms. The second-order valence-corrected chi connectivity index (χ2v) is 17.4. The van der Waals surface area contributed by atoms with E-state index in [0.717, 1.165) is 117 Å². The van der Waals surface area contributed by atoms with E-state index in [-0.39, 0.29) is 18.4 Å². The molecule has 60 heavy (non-hydrogen) atoms. The van der Waals surface area contributed by atoms with E-state index in [4.69, 9.17) is 14.7 Å². The van der Waals surface area contributed by atoms with Crippen LogP contribution in [-0.4, -0.2) is 98.3 Å². The smallest absolute Gasteiger partial charge is 0.234 e. The molecule has 3 aromatic heterocycles. The van der Waals surface area contributed by atoms with Crippen molar-refractivity contribution in [2.75, 3.05) is 62.6 Å². The lowest BCUT2D eigenvalue weighted by atomic mass is 9.89. The number of nitrogens with zero attached hydrogens (tertiary/aromatic N) is 8. The first-order chi connectivity index (χ1) is 28.9. The second kappa shape index (κ2) is 16.6. The molecule has 0 aliphatic carbocycles. The highest BCUT2D eigenvalue weighted by atomic mass is 19.1. The van der Waals surface area contributed by atoms with E-state index < -0.39 is 29.4 Å². The molecule has 4 aliphatic heterocycles. The van der Waals surface area contributed by atoms with E-state index in [2.05, 4.69) is 68.2 Å². The summed E-state index contributed by atoms with van der Waals surface area (Å²) in [5.41, 5.74) is 8.74. The fourth-order valence-corrected chi connectivity index (χ4v) is 9.43. The van der Waals surface area contributed by atoms with Gasteiger partial charge in [0.2, 0.25) is 23.6 Å². The number of nitrogens with one attached hydrogen (secondary N) is 2. The number of aryl methyl sites for hydroxylation is 3. The van der Waals surface area contributed by atoms with E-state index in [1.807, 2.05) is 25.1 Å². The summed E-state index contributed by atoms with van der Waals surface area (Å²) in [6, 6.07) is 11.5. The zero-order valence-electron chi connectivity index (χ0n) is 34.9. The first kappa shape index (κ1) is 40.0. The number of imidazole rings is 1. The third-order valence-electron chi connectivity index (χ3n) is 12.8. The van der Waals surface area contributed by atoms with Gasteiger partial charge in [-0.25, -0.2) is 18.4 Å². The topological polar surface area (TPSA) is 126 Å². The molecule has 5 aromatic rings. The number of amides is 2. The number of anilines is 2. The lowest BCUT2D eigenvalue weighted by Crippen LogP contribution is -2.54. The Balaban J connectivity index is 0.831. The van der Waals surface area contributed by atoms with E-state index in [9.17, 15) is 9.59 Å². The summed E-state index contributed by atoms with van der Waals surface area (Å²) in [6.45, 7) is 15.7. The number of hydrogen-bond acceptors (Lipinski definition) is 10. The minimum atomic E-state index is -0.992. The molecule has 3 fully saturated rings. The van der Waals surface area contributed by atoms with Gasteiger partial charge in [-0.05, 0) is 92.1 Å². The van der Waals surface area contributed by atoms with Crippen molar-refractivity contribution in [1.82, 2.24) is 39.4 Å². The monoisotopic (exact) mass is 820 g/mol. The number of ether oxygens (including phenoxy) is 1. The van der Waals surface area contributed by atoms with Crippen LogP contribution in [0.2, 0.25) is 0 Å². The van der Waals surface area contributed by atoms with Gasteiger partial charge in [-0.2, -0.15) is 5.10 Å². The minimum absolute atomic E-state index is 0.0702. The van der Waals surface area contributed by atoms with Crippen molar-refractivity contribution in [2.24, 2.45) is 18.9 Å². The number of halogens is 2. The number of imide groups is 1. The number of carbonyl (C=O) groups is 2. The fraction of sp³-hybridized carbons (Fsp3) is 0.489. The van der Waals surface area contributed by atoms with Crippen molar-refractivity contribution in [3.05, 3.63) is 82.2 Å². The van der Waals surface area contributed by atoms with Crippen molar-refractivity contribution in [3.8, 4) is 17.1 Å². The Morgan fingerprint density at radius 2 is 1.68 bits per heavy atom. The maximum atomic E-state index is 15.2. The summed E-state index contributed by atoms with van der Waals surface area (Å²) in [5.74, 6) is -1.08. The molecule has 2 N–H and O–H groups in total. The van der Waals surface area contributed by atoms with Crippen LogP contribution in [0.3, 0.4) is 0 Å². The van der Waals surface area contributed by atoms with E-state index in [1.54, 1.807) is 4.68 Å². The summed E-state index contributed by atoms with van der Waals surface area (Å²) in [4.78, 5) is 40.8. The molecular weight excluding hydrogens is 767 g/mol. The molecule has 2 amide bonds. The highest BCUT2D eigenvalue weighted by Gasteiger charge is 2.35. The first-order valence-corrected chi connectivity index (χ1v) is 21.3. The summed E-state index contributed by atoms with van der Waals surface area (Å²) >= 11 is 0. The average Bonchev–Trinajstić information content (AvgIpc) is 3.72. The molecule has 7 heterocycles. The van der Waals surface area contributed by atoms with Gasteiger partial charge < -0.3 is 24.4 Å². The Bertz CT molecular complexity index is 2410. The Morgan fingerprint density at radius 1 is 0.917 bits per heavy atom. The van der Waals surface area contributed by atoms with Gasteiger partial charge in [0, 0.05) is 102 Å². The van der Waals surface area contributed by atoms with Gasteiger partial charge in [-0.3, -0.25) is 24.8 Å². The molecular formula is C45H54F2N10O3. The number of aromatic nitrogens is 5. The molecule has 316 valence electrons. The zero-order chi connectivity index (χ0) is 41.7. The first-order valence-electron chi connectivity index (χ1n) is 21.3. The third-order valence-corrected chi connectivity index (χ3v) is 12.8. The normalized spacial score (nSPS) is 21.0. The summed E-state index contributed by atoms with van der Waals surface area (Å²) in [5, 5.41) is 10.4. The molecule has 2 aromatic carbocycles. The molecule has 0 unspecified atom stereocenters. The highest BCUT2D eigenvalue weighted by molar-refractivity contribution is 6.01. The van der Waals surface area contributed by atoms with Crippen molar-refractivity contribution in [1.29, 1.82) is 0 Å². The highest BCUT2D eigenvalue weighted by Crippen LogP contribution is 2.35. The molecule has 9 rings (SSSR count). The number of piperidine rings is 1. The maximum Gasteiger partial charge on any atom is 0.234 e. The van der Waals surface area contributed by atoms with Crippen LogP contribution in [0.1, 0.15) is 66.5 Å². The molecule has 0 saturated carbocycles. The number of piperazine rings is 1. The number of carbonyl (C=O) groups excluding carboxylic acids is 2. The third kappa shape index (κ3) is 8.21. The minimum Gasteiger partial charge on any atom is -0.477 e. The number of benzene rings is 2. The predicted octanol–water partition coefficient (Wildman–Crippen LogP) is 5.92. The van der Waals surface area contributed by atoms with Crippen LogP contribution in [0.5, 0.6) is 5.88 Å².